The zero-order chi connectivity index (χ0) is 24.8. The van der Waals surface area contributed by atoms with Gasteiger partial charge in [0.1, 0.15) is 0 Å². The Hall–Kier alpha value is -3.12. The molecule has 4 rings (SSSR count). The molecule has 1 aliphatic rings. The summed E-state index contributed by atoms with van der Waals surface area (Å²) in [6, 6.07) is 13.9. The van der Waals surface area contributed by atoms with Crippen molar-refractivity contribution in [2.24, 2.45) is 0 Å². The second-order valence-electron chi connectivity index (χ2n) is 8.36. The first-order chi connectivity index (χ1) is 16.9. The van der Waals surface area contributed by atoms with Crippen molar-refractivity contribution in [1.29, 1.82) is 0 Å². The molecule has 1 fully saturated rings. The van der Waals surface area contributed by atoms with E-state index in [4.69, 9.17) is 9.26 Å². The minimum absolute atomic E-state index is 0.111. The monoisotopic (exact) mass is 499 g/mol. The lowest BCUT2D eigenvalue weighted by Gasteiger charge is -2.34. The summed E-state index contributed by atoms with van der Waals surface area (Å²) >= 11 is 0. The van der Waals surface area contributed by atoms with Crippen LogP contribution in [0.4, 0.5) is 0 Å². The van der Waals surface area contributed by atoms with E-state index in [0.29, 0.717) is 50.0 Å². The van der Waals surface area contributed by atoms with Gasteiger partial charge in [-0.25, -0.2) is 13.1 Å². The van der Waals surface area contributed by atoms with Crippen LogP contribution in [0, 0.1) is 6.92 Å². The molecule has 2 aromatic carbocycles. The number of aromatic nitrogens is 2. The van der Waals surface area contributed by atoms with Crippen molar-refractivity contribution in [1.82, 2.24) is 24.7 Å². The number of nitrogens with one attached hydrogen (secondary N) is 1. The van der Waals surface area contributed by atoms with Crippen LogP contribution in [-0.4, -0.2) is 80.7 Å². The summed E-state index contributed by atoms with van der Waals surface area (Å²) in [6.07, 6.45) is 0. The third-order valence-electron chi connectivity index (χ3n) is 5.81. The Kier molecular flexibility index (Phi) is 7.91. The van der Waals surface area contributed by atoms with Crippen molar-refractivity contribution in [2.75, 3.05) is 46.4 Å². The summed E-state index contributed by atoms with van der Waals surface area (Å²) in [6.45, 7) is 5.45. The third kappa shape index (κ3) is 6.31. The molecule has 186 valence electrons. The van der Waals surface area contributed by atoms with Gasteiger partial charge < -0.3 is 14.2 Å². The maximum absolute atomic E-state index is 12.9. The maximum atomic E-state index is 12.9. The Morgan fingerprint density at radius 2 is 1.74 bits per heavy atom. The molecule has 0 bridgehead atoms. The minimum Gasteiger partial charge on any atom is -0.383 e. The number of sulfonamides is 1. The maximum Gasteiger partial charge on any atom is 0.253 e. The molecule has 3 aromatic rings. The molecule has 1 aliphatic heterocycles. The molecule has 0 unspecified atom stereocenters. The number of rotatable bonds is 9. The number of carbonyl (C=O) groups excluding carboxylic acids is 1. The van der Waals surface area contributed by atoms with Gasteiger partial charge in [0.25, 0.3) is 5.91 Å². The van der Waals surface area contributed by atoms with Gasteiger partial charge in [-0.15, -0.1) is 0 Å². The number of benzene rings is 2. The van der Waals surface area contributed by atoms with Crippen LogP contribution in [-0.2, 0) is 21.3 Å². The first-order valence-electron chi connectivity index (χ1n) is 11.4. The quantitative estimate of drug-likeness (QED) is 0.444. The zero-order valence-corrected chi connectivity index (χ0v) is 20.6. The van der Waals surface area contributed by atoms with Gasteiger partial charge in [0, 0.05) is 51.0 Å². The SMILES string of the molecule is COCCNS(=O)(=O)c1ccc(C(=O)N2CCN(Cc3nc(-c4ccc(C)cc4)no3)CC2)cc1. The van der Waals surface area contributed by atoms with Gasteiger partial charge in [0.05, 0.1) is 18.0 Å². The van der Waals surface area contributed by atoms with Crippen molar-refractivity contribution in [3.63, 3.8) is 0 Å². The molecule has 1 amide bonds. The van der Waals surface area contributed by atoms with Gasteiger partial charge in [-0.2, -0.15) is 4.98 Å². The highest BCUT2D eigenvalue weighted by atomic mass is 32.2. The summed E-state index contributed by atoms with van der Waals surface area (Å²) in [5, 5.41) is 4.08. The second kappa shape index (κ2) is 11.1. The highest BCUT2D eigenvalue weighted by Crippen LogP contribution is 2.18. The lowest BCUT2D eigenvalue weighted by atomic mass is 10.1. The summed E-state index contributed by atoms with van der Waals surface area (Å²) < 4.78 is 37.3. The van der Waals surface area contributed by atoms with Crippen molar-refractivity contribution in [3.05, 3.63) is 65.5 Å². The van der Waals surface area contributed by atoms with Gasteiger partial charge in [0.2, 0.25) is 21.7 Å². The Bertz CT molecular complexity index is 1230. The smallest absolute Gasteiger partial charge is 0.253 e. The fraction of sp³-hybridized carbons (Fsp3) is 0.375. The standard InChI is InChI=1S/C24H29N5O5S/c1-18-3-5-19(6-4-18)23-26-22(34-27-23)17-28-12-14-29(15-13-28)24(30)20-7-9-21(10-8-20)35(31,32)25-11-16-33-2/h3-10,25H,11-17H2,1-2H3. The van der Waals surface area contributed by atoms with Gasteiger partial charge in [-0.1, -0.05) is 35.0 Å². The summed E-state index contributed by atoms with van der Waals surface area (Å²) in [7, 11) is -2.13. The van der Waals surface area contributed by atoms with E-state index in [1.54, 1.807) is 17.0 Å². The molecule has 35 heavy (non-hydrogen) atoms. The van der Waals surface area contributed by atoms with Crippen LogP contribution in [0.25, 0.3) is 11.4 Å². The molecule has 1 aromatic heterocycles. The van der Waals surface area contributed by atoms with Gasteiger partial charge in [-0.05, 0) is 31.2 Å². The lowest BCUT2D eigenvalue weighted by Crippen LogP contribution is -2.48. The molecule has 1 N–H and O–H groups in total. The van der Waals surface area contributed by atoms with Crippen LogP contribution in [0.3, 0.4) is 0 Å². The molecule has 0 saturated carbocycles. The Labute approximate surface area is 204 Å². The van der Waals surface area contributed by atoms with Gasteiger partial charge in [0.15, 0.2) is 0 Å². The van der Waals surface area contributed by atoms with Gasteiger partial charge in [-0.3, -0.25) is 9.69 Å². The van der Waals surface area contributed by atoms with Crippen LogP contribution >= 0.6 is 0 Å². The topological polar surface area (TPSA) is 118 Å². The van der Waals surface area contributed by atoms with Crippen LogP contribution < -0.4 is 4.72 Å². The van der Waals surface area contributed by atoms with E-state index in [1.807, 2.05) is 31.2 Å². The number of hydrogen-bond acceptors (Lipinski definition) is 8. The Balaban J connectivity index is 1.29. The number of methoxy groups -OCH3 is 1. The third-order valence-corrected chi connectivity index (χ3v) is 7.28. The average Bonchev–Trinajstić information content (AvgIpc) is 3.33. The highest BCUT2D eigenvalue weighted by molar-refractivity contribution is 7.89. The molecule has 11 heteroatoms. The van der Waals surface area contributed by atoms with Crippen molar-refractivity contribution in [3.8, 4) is 11.4 Å². The molecule has 0 atom stereocenters. The number of hydrogen-bond donors (Lipinski definition) is 1. The van der Waals surface area contributed by atoms with Crippen LogP contribution in [0.2, 0.25) is 0 Å². The second-order valence-corrected chi connectivity index (χ2v) is 10.1. The number of nitrogens with zero attached hydrogens (tertiary/aromatic N) is 4. The number of aryl methyl sites for hydroxylation is 1. The largest absolute Gasteiger partial charge is 0.383 e. The predicted molar refractivity (Wildman–Crippen MR) is 129 cm³/mol. The zero-order valence-electron chi connectivity index (χ0n) is 19.8. The molecular formula is C24H29N5O5S. The predicted octanol–water partition coefficient (Wildman–Crippen LogP) is 1.93. The molecule has 2 heterocycles. The van der Waals surface area contributed by atoms with E-state index in [2.05, 4.69) is 19.8 Å². The van der Waals surface area contributed by atoms with E-state index in [9.17, 15) is 13.2 Å². The van der Waals surface area contributed by atoms with Crippen LogP contribution in [0.5, 0.6) is 0 Å². The van der Waals surface area contributed by atoms with E-state index >= 15 is 0 Å². The number of ether oxygens (including phenoxy) is 1. The first kappa shape index (κ1) is 25.0. The van der Waals surface area contributed by atoms with E-state index in [-0.39, 0.29) is 24.0 Å². The van der Waals surface area contributed by atoms with E-state index in [0.717, 1.165) is 5.56 Å². The molecule has 0 radical (unpaired) electrons. The number of piperazine rings is 1. The summed E-state index contributed by atoms with van der Waals surface area (Å²) in [5.74, 6) is 0.977. The highest BCUT2D eigenvalue weighted by Gasteiger charge is 2.24. The van der Waals surface area contributed by atoms with Crippen molar-refractivity contribution >= 4 is 15.9 Å². The average molecular weight is 500 g/mol. The van der Waals surface area contributed by atoms with Crippen molar-refractivity contribution in [2.45, 2.75) is 18.4 Å². The van der Waals surface area contributed by atoms with Crippen molar-refractivity contribution < 1.29 is 22.5 Å². The Morgan fingerprint density at radius 1 is 1.06 bits per heavy atom. The van der Waals surface area contributed by atoms with E-state index < -0.39 is 10.0 Å². The molecular weight excluding hydrogens is 470 g/mol. The molecule has 0 spiro atoms. The van der Waals surface area contributed by atoms with Gasteiger partial charge >= 0.3 is 0 Å². The minimum atomic E-state index is -3.64. The molecule has 10 nitrogen and oxygen atoms in total. The van der Waals surface area contributed by atoms with E-state index in [1.165, 1.54) is 24.8 Å². The number of carbonyl (C=O) groups is 1. The number of amides is 1. The molecule has 0 aliphatic carbocycles. The van der Waals surface area contributed by atoms with Crippen LogP contribution in [0.1, 0.15) is 21.8 Å². The molecule has 1 saturated heterocycles. The fourth-order valence-electron chi connectivity index (χ4n) is 3.76. The Morgan fingerprint density at radius 3 is 2.40 bits per heavy atom. The van der Waals surface area contributed by atoms with Crippen LogP contribution in [0.15, 0.2) is 57.9 Å². The summed E-state index contributed by atoms with van der Waals surface area (Å²) in [5.41, 5.74) is 2.53. The fourth-order valence-corrected chi connectivity index (χ4v) is 4.77. The first-order valence-corrected chi connectivity index (χ1v) is 12.8. The summed E-state index contributed by atoms with van der Waals surface area (Å²) in [4.78, 5) is 21.4. The lowest BCUT2D eigenvalue weighted by molar-refractivity contribution is 0.0615. The normalized spacial score (nSPS) is 14.9.